The summed E-state index contributed by atoms with van der Waals surface area (Å²) in [7, 11) is 0. The smallest absolute Gasteiger partial charge is 0.410 e. The highest BCUT2D eigenvalue weighted by molar-refractivity contribution is 5.83. The van der Waals surface area contributed by atoms with Crippen LogP contribution in [0.2, 0.25) is 0 Å². The number of esters is 1. The number of carbonyl (C=O) groups is 2. The summed E-state index contributed by atoms with van der Waals surface area (Å²) >= 11 is 0. The molecule has 0 aliphatic carbocycles. The third-order valence-electron chi connectivity index (χ3n) is 3.26. The van der Waals surface area contributed by atoms with Crippen LogP contribution in [0.3, 0.4) is 0 Å². The molecule has 0 radical (unpaired) electrons. The van der Waals surface area contributed by atoms with Gasteiger partial charge in [-0.2, -0.15) is 0 Å². The zero-order valence-corrected chi connectivity index (χ0v) is 12.5. The summed E-state index contributed by atoms with van der Waals surface area (Å²) < 4.78 is 10.5. The van der Waals surface area contributed by atoms with Crippen LogP contribution in [0.4, 0.5) is 4.79 Å². The summed E-state index contributed by atoms with van der Waals surface area (Å²) in [5, 5.41) is 0. The highest BCUT2D eigenvalue weighted by atomic mass is 16.6. The molecule has 1 heterocycles. The van der Waals surface area contributed by atoms with Crippen molar-refractivity contribution in [2.24, 2.45) is 5.92 Å². The third-order valence-corrected chi connectivity index (χ3v) is 3.26. The van der Waals surface area contributed by atoms with Crippen molar-refractivity contribution in [1.82, 2.24) is 4.90 Å². The highest BCUT2D eigenvalue weighted by Gasteiger charge is 2.36. The molecule has 1 aliphatic rings. The molecule has 1 aliphatic heterocycles. The summed E-state index contributed by atoms with van der Waals surface area (Å²) in [6, 6.07) is 8.33. The Morgan fingerprint density at radius 3 is 2.67 bits per heavy atom. The number of para-hydroxylation sites is 1. The van der Waals surface area contributed by atoms with E-state index in [1.807, 2.05) is 19.9 Å². The maximum atomic E-state index is 12.2. The predicted molar refractivity (Wildman–Crippen MR) is 78.0 cm³/mol. The lowest BCUT2D eigenvalue weighted by atomic mass is 10.2. The standard InChI is InChI=1S/C16H21NO4/c1-12(2)11-20-16(19)17-10-6-9-14(17)15(18)21-13-7-4-3-5-8-13/h3-5,7-8,12,14H,6,9-11H2,1-2H3. The van der Waals surface area contributed by atoms with Crippen LogP contribution in [0.15, 0.2) is 30.3 Å². The van der Waals surface area contributed by atoms with E-state index in [1.54, 1.807) is 24.3 Å². The molecule has 0 bridgehead atoms. The lowest BCUT2D eigenvalue weighted by Gasteiger charge is -2.23. The monoisotopic (exact) mass is 291 g/mol. The molecule has 0 saturated carbocycles. The van der Waals surface area contributed by atoms with Gasteiger partial charge < -0.3 is 9.47 Å². The third kappa shape index (κ3) is 4.21. The number of hydrogen-bond donors (Lipinski definition) is 0. The van der Waals surface area contributed by atoms with Crippen molar-refractivity contribution >= 4 is 12.1 Å². The number of hydrogen-bond acceptors (Lipinski definition) is 4. The van der Waals surface area contributed by atoms with Crippen LogP contribution < -0.4 is 4.74 Å². The molecule has 0 spiro atoms. The number of amides is 1. The van der Waals surface area contributed by atoms with Gasteiger partial charge in [0.2, 0.25) is 0 Å². The number of benzene rings is 1. The van der Waals surface area contributed by atoms with E-state index in [0.29, 0.717) is 25.3 Å². The van der Waals surface area contributed by atoms with Gasteiger partial charge in [0.1, 0.15) is 11.8 Å². The topological polar surface area (TPSA) is 55.8 Å². The molecule has 1 unspecified atom stereocenters. The Morgan fingerprint density at radius 1 is 1.29 bits per heavy atom. The lowest BCUT2D eigenvalue weighted by Crippen LogP contribution is -2.43. The van der Waals surface area contributed by atoms with Crippen molar-refractivity contribution in [2.45, 2.75) is 32.7 Å². The van der Waals surface area contributed by atoms with Gasteiger partial charge in [-0.3, -0.25) is 4.90 Å². The second-order valence-corrected chi connectivity index (χ2v) is 5.56. The van der Waals surface area contributed by atoms with Gasteiger partial charge in [-0.1, -0.05) is 32.0 Å². The summed E-state index contributed by atoms with van der Waals surface area (Å²) in [4.78, 5) is 25.7. The molecule has 0 aromatic heterocycles. The Morgan fingerprint density at radius 2 is 2.00 bits per heavy atom. The Labute approximate surface area is 124 Å². The summed E-state index contributed by atoms with van der Waals surface area (Å²) in [6.45, 7) is 4.83. The van der Waals surface area contributed by atoms with Crippen molar-refractivity contribution in [2.75, 3.05) is 13.2 Å². The van der Waals surface area contributed by atoms with E-state index in [4.69, 9.17) is 9.47 Å². The molecule has 5 heteroatoms. The average molecular weight is 291 g/mol. The zero-order chi connectivity index (χ0) is 15.2. The van der Waals surface area contributed by atoms with Gasteiger partial charge in [-0.05, 0) is 30.9 Å². The quantitative estimate of drug-likeness (QED) is 0.632. The fourth-order valence-corrected chi connectivity index (χ4v) is 2.22. The summed E-state index contributed by atoms with van der Waals surface area (Å²) in [5.74, 6) is 0.358. The first-order valence-electron chi connectivity index (χ1n) is 7.28. The summed E-state index contributed by atoms with van der Waals surface area (Å²) in [5.41, 5.74) is 0. The van der Waals surface area contributed by atoms with E-state index >= 15 is 0 Å². The fraction of sp³-hybridized carbons (Fsp3) is 0.500. The second-order valence-electron chi connectivity index (χ2n) is 5.56. The predicted octanol–water partition coefficient (Wildman–Crippen LogP) is 2.85. The maximum absolute atomic E-state index is 12.2. The number of carbonyl (C=O) groups excluding carboxylic acids is 2. The van der Waals surface area contributed by atoms with Gasteiger partial charge in [0.05, 0.1) is 6.61 Å². The van der Waals surface area contributed by atoms with Crippen LogP contribution in [-0.2, 0) is 9.53 Å². The van der Waals surface area contributed by atoms with E-state index in [2.05, 4.69) is 0 Å². The van der Waals surface area contributed by atoms with Crippen molar-refractivity contribution in [3.05, 3.63) is 30.3 Å². The van der Waals surface area contributed by atoms with Gasteiger partial charge in [0, 0.05) is 6.54 Å². The maximum Gasteiger partial charge on any atom is 0.410 e. The van der Waals surface area contributed by atoms with Crippen LogP contribution >= 0.6 is 0 Å². The molecular formula is C16H21NO4. The molecule has 21 heavy (non-hydrogen) atoms. The van der Waals surface area contributed by atoms with Gasteiger partial charge >= 0.3 is 12.1 Å². The van der Waals surface area contributed by atoms with Crippen molar-refractivity contribution in [1.29, 1.82) is 0 Å². The molecular weight excluding hydrogens is 270 g/mol. The van der Waals surface area contributed by atoms with Gasteiger partial charge in [0.25, 0.3) is 0 Å². The van der Waals surface area contributed by atoms with Gasteiger partial charge in [0.15, 0.2) is 0 Å². The summed E-state index contributed by atoms with van der Waals surface area (Å²) in [6.07, 6.45) is 0.963. The van der Waals surface area contributed by atoms with Crippen LogP contribution in [0, 0.1) is 5.92 Å². The van der Waals surface area contributed by atoms with Crippen LogP contribution in [0.25, 0.3) is 0 Å². The van der Waals surface area contributed by atoms with Gasteiger partial charge in [-0.25, -0.2) is 9.59 Å². The van der Waals surface area contributed by atoms with Gasteiger partial charge in [-0.15, -0.1) is 0 Å². The normalized spacial score (nSPS) is 17.9. The molecule has 1 fully saturated rings. The Kier molecular flexibility index (Phi) is 5.20. The van der Waals surface area contributed by atoms with E-state index in [0.717, 1.165) is 6.42 Å². The molecule has 1 atom stereocenters. The molecule has 1 aromatic carbocycles. The van der Waals surface area contributed by atoms with E-state index in [1.165, 1.54) is 4.90 Å². The van der Waals surface area contributed by atoms with Crippen LogP contribution in [-0.4, -0.2) is 36.2 Å². The highest BCUT2D eigenvalue weighted by Crippen LogP contribution is 2.21. The number of ether oxygens (including phenoxy) is 2. The van der Waals surface area contributed by atoms with E-state index in [9.17, 15) is 9.59 Å². The first-order valence-corrected chi connectivity index (χ1v) is 7.28. The second kappa shape index (κ2) is 7.11. The SMILES string of the molecule is CC(C)COC(=O)N1CCCC1C(=O)Oc1ccccc1. The number of rotatable bonds is 4. The Balaban J connectivity index is 1.94. The minimum Gasteiger partial charge on any atom is -0.449 e. The average Bonchev–Trinajstić information content (AvgIpc) is 2.95. The van der Waals surface area contributed by atoms with Crippen molar-refractivity contribution in [3.8, 4) is 5.75 Å². The molecule has 1 aromatic rings. The number of nitrogens with zero attached hydrogens (tertiary/aromatic N) is 1. The Hall–Kier alpha value is -2.04. The minimum atomic E-state index is -0.551. The van der Waals surface area contributed by atoms with E-state index in [-0.39, 0.29) is 5.92 Å². The van der Waals surface area contributed by atoms with Crippen LogP contribution in [0.1, 0.15) is 26.7 Å². The van der Waals surface area contributed by atoms with Crippen molar-refractivity contribution < 1.29 is 19.1 Å². The first kappa shape index (κ1) is 15.4. The molecule has 2 rings (SSSR count). The molecule has 114 valence electrons. The molecule has 5 nitrogen and oxygen atoms in total. The first-order chi connectivity index (χ1) is 10.1. The number of likely N-dealkylation sites (tertiary alicyclic amines) is 1. The van der Waals surface area contributed by atoms with E-state index < -0.39 is 18.1 Å². The minimum absolute atomic E-state index is 0.270. The molecule has 1 saturated heterocycles. The molecule has 1 amide bonds. The van der Waals surface area contributed by atoms with Crippen molar-refractivity contribution in [3.63, 3.8) is 0 Å². The largest absolute Gasteiger partial charge is 0.449 e. The lowest BCUT2D eigenvalue weighted by molar-refractivity contribution is -0.139. The fourth-order valence-electron chi connectivity index (χ4n) is 2.22. The Bertz CT molecular complexity index is 486. The van der Waals surface area contributed by atoms with Crippen LogP contribution in [0.5, 0.6) is 5.75 Å². The molecule has 0 N–H and O–H groups in total. The zero-order valence-electron chi connectivity index (χ0n) is 12.5.